The number of nitrogens with two attached hydrogens (primary N) is 1. The van der Waals surface area contributed by atoms with Crippen LogP contribution in [0, 0.1) is 0 Å². The van der Waals surface area contributed by atoms with E-state index in [2.05, 4.69) is 25.6 Å². The van der Waals surface area contributed by atoms with E-state index in [1.807, 2.05) is 4.57 Å². The largest absolute Gasteiger partial charge is 0.382 e. The van der Waals surface area contributed by atoms with Gasteiger partial charge >= 0.3 is 0 Å². The maximum Gasteiger partial charge on any atom is 0.220 e. The van der Waals surface area contributed by atoms with Gasteiger partial charge in [-0.1, -0.05) is 6.42 Å². The van der Waals surface area contributed by atoms with Crippen LogP contribution in [0.4, 0.5) is 5.82 Å². The summed E-state index contributed by atoms with van der Waals surface area (Å²) in [5, 5.41) is 5.46. The molecule has 2 aromatic rings. The molecule has 0 aromatic carbocycles. The number of nitrogen functional groups attached to an aromatic ring is 1. The van der Waals surface area contributed by atoms with Crippen molar-refractivity contribution < 1.29 is 9.59 Å². The molecule has 4 N–H and O–H groups in total. The molecule has 0 unspecified atom stereocenters. The van der Waals surface area contributed by atoms with Gasteiger partial charge in [0.2, 0.25) is 12.3 Å². The van der Waals surface area contributed by atoms with Crippen LogP contribution in [0.25, 0.3) is 11.2 Å². The van der Waals surface area contributed by atoms with Crippen LogP contribution in [-0.2, 0) is 16.1 Å². The number of imidazole rings is 1. The summed E-state index contributed by atoms with van der Waals surface area (Å²) in [6.07, 6.45) is 6.82. The van der Waals surface area contributed by atoms with E-state index in [-0.39, 0.29) is 5.91 Å². The van der Waals surface area contributed by atoms with E-state index in [1.165, 1.54) is 6.33 Å². The van der Waals surface area contributed by atoms with Gasteiger partial charge in [0.05, 0.1) is 6.33 Å². The van der Waals surface area contributed by atoms with Crippen molar-refractivity contribution >= 4 is 29.3 Å². The summed E-state index contributed by atoms with van der Waals surface area (Å²) in [6.45, 7) is 1.73. The third kappa shape index (κ3) is 4.90. The number of carbonyl (C=O) groups is 2. The first-order chi connectivity index (χ1) is 11.2. The van der Waals surface area contributed by atoms with E-state index in [4.69, 9.17) is 5.73 Å². The van der Waals surface area contributed by atoms with Crippen molar-refractivity contribution in [2.75, 3.05) is 18.8 Å². The Kier molecular flexibility index (Phi) is 6.28. The number of aromatic nitrogens is 4. The minimum atomic E-state index is 0.0203. The summed E-state index contributed by atoms with van der Waals surface area (Å²) in [5.74, 6) is 0.369. The Balaban J connectivity index is 1.67. The lowest BCUT2D eigenvalue weighted by Crippen LogP contribution is -2.26. The molecule has 2 rings (SSSR count). The van der Waals surface area contributed by atoms with E-state index in [0.717, 1.165) is 19.3 Å². The molecule has 2 amide bonds. The van der Waals surface area contributed by atoms with Crippen molar-refractivity contribution in [2.24, 2.45) is 0 Å². The number of anilines is 1. The van der Waals surface area contributed by atoms with Crippen LogP contribution >= 0.6 is 0 Å². The van der Waals surface area contributed by atoms with Crippen molar-refractivity contribution in [3.05, 3.63) is 12.7 Å². The van der Waals surface area contributed by atoms with Crippen LogP contribution < -0.4 is 16.4 Å². The zero-order valence-electron chi connectivity index (χ0n) is 12.9. The van der Waals surface area contributed by atoms with Gasteiger partial charge in [0, 0.05) is 26.1 Å². The highest BCUT2D eigenvalue weighted by molar-refractivity contribution is 5.81. The molecular weight excluding hydrogens is 298 g/mol. The van der Waals surface area contributed by atoms with Crippen molar-refractivity contribution in [1.82, 2.24) is 30.2 Å². The van der Waals surface area contributed by atoms with Crippen LogP contribution in [0.15, 0.2) is 12.7 Å². The molecule has 9 heteroatoms. The second-order valence-corrected chi connectivity index (χ2v) is 5.10. The molecule has 23 heavy (non-hydrogen) atoms. The molecule has 0 radical (unpaired) electrons. The average molecular weight is 319 g/mol. The standard InChI is InChI=1S/C14H21N7O2/c15-13-12-14(19-8-18-13)21(9-20-12)7-6-17-11(23)4-2-1-3-5-16-10-22/h8-10H,1-7H2,(H,16,22)(H,17,23)(H2,15,18,19). The molecule has 0 aliphatic carbocycles. The van der Waals surface area contributed by atoms with Crippen LogP contribution in [0.1, 0.15) is 25.7 Å². The SMILES string of the molecule is Nc1ncnc2c1ncn2CCNC(=O)CCCCCNC=O. The third-order valence-electron chi connectivity index (χ3n) is 3.41. The molecule has 0 bridgehead atoms. The maximum atomic E-state index is 11.7. The van der Waals surface area contributed by atoms with Gasteiger partial charge in [0.1, 0.15) is 11.8 Å². The number of rotatable bonds is 10. The lowest BCUT2D eigenvalue weighted by Gasteiger charge is -2.06. The Hall–Kier alpha value is -2.71. The topological polar surface area (TPSA) is 128 Å². The Labute approximate surface area is 133 Å². The second kappa shape index (κ2) is 8.66. The fraction of sp³-hybridized carbons (Fsp3) is 0.500. The minimum Gasteiger partial charge on any atom is -0.382 e. The summed E-state index contributed by atoms with van der Waals surface area (Å²) in [5.41, 5.74) is 6.96. The van der Waals surface area contributed by atoms with Crippen LogP contribution in [0.5, 0.6) is 0 Å². The van der Waals surface area contributed by atoms with Gasteiger partial charge in [0.15, 0.2) is 11.5 Å². The first-order valence-corrected chi connectivity index (χ1v) is 7.57. The molecule has 0 saturated heterocycles. The number of hydrogen-bond donors (Lipinski definition) is 3. The molecule has 2 aromatic heterocycles. The Morgan fingerprint density at radius 3 is 2.91 bits per heavy atom. The smallest absolute Gasteiger partial charge is 0.220 e. The van der Waals surface area contributed by atoms with E-state index in [0.29, 0.717) is 49.4 Å². The number of carbonyl (C=O) groups excluding carboxylic acids is 2. The summed E-state index contributed by atoms with van der Waals surface area (Å²) in [4.78, 5) is 34.0. The lowest BCUT2D eigenvalue weighted by atomic mass is 10.2. The Morgan fingerprint density at radius 1 is 1.22 bits per heavy atom. The third-order valence-corrected chi connectivity index (χ3v) is 3.41. The summed E-state index contributed by atoms with van der Waals surface area (Å²) < 4.78 is 1.83. The molecule has 9 nitrogen and oxygen atoms in total. The zero-order valence-corrected chi connectivity index (χ0v) is 12.9. The fourth-order valence-electron chi connectivity index (χ4n) is 2.21. The molecule has 2 heterocycles. The van der Waals surface area contributed by atoms with E-state index >= 15 is 0 Å². The van der Waals surface area contributed by atoms with Crippen LogP contribution in [0.3, 0.4) is 0 Å². The predicted octanol–water partition coefficient (Wildman–Crippen LogP) is -0.169. The van der Waals surface area contributed by atoms with Crippen LogP contribution in [0.2, 0.25) is 0 Å². The van der Waals surface area contributed by atoms with Crippen molar-refractivity contribution in [3.63, 3.8) is 0 Å². The molecule has 0 saturated carbocycles. The first kappa shape index (κ1) is 16.7. The normalized spacial score (nSPS) is 10.6. The lowest BCUT2D eigenvalue weighted by molar-refractivity contribution is -0.121. The van der Waals surface area contributed by atoms with E-state index in [1.54, 1.807) is 6.33 Å². The molecule has 0 aliphatic heterocycles. The number of amides is 2. The van der Waals surface area contributed by atoms with Gasteiger partial charge < -0.3 is 20.9 Å². The predicted molar refractivity (Wildman–Crippen MR) is 85.3 cm³/mol. The van der Waals surface area contributed by atoms with Crippen molar-refractivity contribution in [2.45, 2.75) is 32.2 Å². The van der Waals surface area contributed by atoms with Gasteiger partial charge in [-0.2, -0.15) is 0 Å². The number of unbranched alkanes of at least 4 members (excludes halogenated alkanes) is 2. The monoisotopic (exact) mass is 319 g/mol. The fourth-order valence-corrected chi connectivity index (χ4v) is 2.21. The van der Waals surface area contributed by atoms with Gasteiger partial charge in [0.25, 0.3) is 0 Å². The highest BCUT2D eigenvalue weighted by Gasteiger charge is 2.07. The molecular formula is C14H21N7O2. The zero-order chi connectivity index (χ0) is 16.5. The second-order valence-electron chi connectivity index (χ2n) is 5.10. The molecule has 0 aliphatic rings. The van der Waals surface area contributed by atoms with Gasteiger partial charge in [-0.3, -0.25) is 9.59 Å². The number of nitrogens with one attached hydrogen (secondary N) is 2. The average Bonchev–Trinajstić information content (AvgIpc) is 2.95. The minimum absolute atomic E-state index is 0.0203. The first-order valence-electron chi connectivity index (χ1n) is 7.57. The Bertz CT molecular complexity index is 656. The number of hydrogen-bond acceptors (Lipinski definition) is 6. The van der Waals surface area contributed by atoms with Gasteiger partial charge in [-0.05, 0) is 12.8 Å². The number of nitrogens with zero attached hydrogens (tertiary/aromatic N) is 4. The van der Waals surface area contributed by atoms with Crippen molar-refractivity contribution in [3.8, 4) is 0 Å². The molecule has 0 atom stereocenters. The summed E-state index contributed by atoms with van der Waals surface area (Å²) >= 11 is 0. The summed E-state index contributed by atoms with van der Waals surface area (Å²) in [7, 11) is 0. The van der Waals surface area contributed by atoms with E-state index in [9.17, 15) is 9.59 Å². The summed E-state index contributed by atoms with van der Waals surface area (Å²) in [6, 6.07) is 0. The highest BCUT2D eigenvalue weighted by atomic mass is 16.1. The highest BCUT2D eigenvalue weighted by Crippen LogP contribution is 2.13. The van der Waals surface area contributed by atoms with Crippen molar-refractivity contribution in [1.29, 1.82) is 0 Å². The number of fused-ring (bicyclic) bond motifs is 1. The van der Waals surface area contributed by atoms with Gasteiger partial charge in [-0.25, -0.2) is 15.0 Å². The Morgan fingerprint density at radius 2 is 2.09 bits per heavy atom. The maximum absolute atomic E-state index is 11.7. The molecule has 124 valence electrons. The quantitative estimate of drug-likeness (QED) is 0.412. The molecule has 0 fully saturated rings. The van der Waals surface area contributed by atoms with Crippen LogP contribution in [-0.4, -0.2) is 44.9 Å². The van der Waals surface area contributed by atoms with Gasteiger partial charge in [-0.15, -0.1) is 0 Å². The van der Waals surface area contributed by atoms with E-state index < -0.39 is 0 Å². The molecule has 0 spiro atoms.